The Labute approximate surface area is 201 Å². The number of anilines is 1. The van der Waals surface area contributed by atoms with E-state index in [1.165, 1.54) is 31.3 Å². The number of carbonyl (C=O) groups excluding carboxylic acids is 2. The van der Waals surface area contributed by atoms with Gasteiger partial charge in [-0.15, -0.1) is 0 Å². The molecule has 1 unspecified atom stereocenters. The first-order valence-electron chi connectivity index (χ1n) is 10.8. The topological polar surface area (TPSA) is 105 Å². The number of methoxy groups -OCH3 is 2. The van der Waals surface area contributed by atoms with Gasteiger partial charge in [0, 0.05) is 18.7 Å². The molecule has 0 radical (unpaired) electrons. The van der Waals surface area contributed by atoms with Gasteiger partial charge >= 0.3 is 0 Å². The van der Waals surface area contributed by atoms with E-state index >= 15 is 0 Å². The zero-order valence-corrected chi connectivity index (χ0v) is 21.3. The van der Waals surface area contributed by atoms with Crippen molar-refractivity contribution in [2.24, 2.45) is 0 Å². The molecule has 1 atom stereocenters. The van der Waals surface area contributed by atoms with E-state index in [0.717, 1.165) is 16.1 Å². The van der Waals surface area contributed by atoms with E-state index in [-0.39, 0.29) is 24.2 Å². The Balaban J connectivity index is 2.41. The lowest BCUT2D eigenvalue weighted by molar-refractivity contribution is -0.139. The molecule has 0 spiro atoms. The van der Waals surface area contributed by atoms with Gasteiger partial charge in [0.25, 0.3) is 0 Å². The Kier molecular flexibility index (Phi) is 9.31. The molecular formula is C24H33N3O6S. The highest BCUT2D eigenvalue weighted by molar-refractivity contribution is 7.92. The van der Waals surface area contributed by atoms with Crippen molar-refractivity contribution in [2.75, 3.05) is 31.3 Å². The minimum absolute atomic E-state index is 0.108. The van der Waals surface area contributed by atoms with Crippen molar-refractivity contribution in [1.82, 2.24) is 10.2 Å². The van der Waals surface area contributed by atoms with Gasteiger partial charge in [-0.05, 0) is 38.5 Å². The second kappa shape index (κ2) is 11.7. The van der Waals surface area contributed by atoms with E-state index < -0.39 is 28.5 Å². The molecule has 0 saturated heterocycles. The smallest absolute Gasteiger partial charge is 0.244 e. The molecule has 0 saturated carbocycles. The van der Waals surface area contributed by atoms with Gasteiger partial charge in [0.15, 0.2) is 11.5 Å². The Morgan fingerprint density at radius 2 is 1.59 bits per heavy atom. The van der Waals surface area contributed by atoms with Gasteiger partial charge in [-0.3, -0.25) is 13.9 Å². The molecule has 34 heavy (non-hydrogen) atoms. The summed E-state index contributed by atoms with van der Waals surface area (Å²) in [5.41, 5.74) is 1.06. The highest BCUT2D eigenvalue weighted by Crippen LogP contribution is 2.32. The van der Waals surface area contributed by atoms with Crippen LogP contribution in [0.25, 0.3) is 0 Å². The fourth-order valence-electron chi connectivity index (χ4n) is 3.36. The van der Waals surface area contributed by atoms with E-state index in [1.54, 1.807) is 13.0 Å². The third-order valence-corrected chi connectivity index (χ3v) is 6.27. The molecule has 0 aliphatic rings. The Hall–Kier alpha value is -3.27. The third-order valence-electron chi connectivity index (χ3n) is 5.13. The zero-order chi connectivity index (χ0) is 25.5. The molecule has 2 amide bonds. The maximum absolute atomic E-state index is 13.5. The lowest BCUT2D eigenvalue weighted by Crippen LogP contribution is -2.52. The monoisotopic (exact) mass is 491 g/mol. The van der Waals surface area contributed by atoms with Gasteiger partial charge in [0.05, 0.1) is 26.2 Å². The molecule has 0 bridgehead atoms. The number of rotatable bonds is 11. The summed E-state index contributed by atoms with van der Waals surface area (Å²) in [7, 11) is -0.929. The molecule has 2 aromatic carbocycles. The Bertz CT molecular complexity index is 1090. The highest BCUT2D eigenvalue weighted by Gasteiger charge is 2.30. The minimum atomic E-state index is -3.84. The standard InChI is InChI=1S/C24H33N3O6S/c1-17(2)25-24(29)18(3)26(15-19-10-8-7-9-11-19)23(28)16-27(34(6,30)31)20-12-13-21(32-4)22(14-20)33-5/h7-14,17-18H,15-16H2,1-6H3,(H,25,29). The van der Waals surface area contributed by atoms with Crippen molar-refractivity contribution in [1.29, 1.82) is 0 Å². The van der Waals surface area contributed by atoms with Crippen LogP contribution in [-0.4, -0.2) is 64.2 Å². The number of sulfonamides is 1. The van der Waals surface area contributed by atoms with Crippen molar-refractivity contribution in [2.45, 2.75) is 39.4 Å². The largest absolute Gasteiger partial charge is 0.493 e. The average molecular weight is 492 g/mol. The van der Waals surface area contributed by atoms with Crippen molar-refractivity contribution >= 4 is 27.5 Å². The molecule has 1 N–H and O–H groups in total. The fourth-order valence-corrected chi connectivity index (χ4v) is 4.20. The number of nitrogens with one attached hydrogen (secondary N) is 1. The molecule has 9 nitrogen and oxygen atoms in total. The molecule has 2 aromatic rings. The summed E-state index contributed by atoms with van der Waals surface area (Å²) in [6.07, 6.45) is 1.02. The summed E-state index contributed by atoms with van der Waals surface area (Å²) in [6, 6.07) is 12.9. The van der Waals surface area contributed by atoms with E-state index in [1.807, 2.05) is 44.2 Å². The fraction of sp³-hybridized carbons (Fsp3) is 0.417. The summed E-state index contributed by atoms with van der Waals surface area (Å²) in [5.74, 6) is -0.0885. The number of carbonyl (C=O) groups is 2. The molecule has 0 heterocycles. The van der Waals surface area contributed by atoms with Gasteiger partial charge in [0.1, 0.15) is 12.6 Å². The summed E-state index contributed by atoms with van der Waals surface area (Å²) < 4.78 is 36.8. The predicted molar refractivity (Wildman–Crippen MR) is 131 cm³/mol. The lowest BCUT2D eigenvalue weighted by atomic mass is 10.1. The van der Waals surface area contributed by atoms with E-state index in [4.69, 9.17) is 9.47 Å². The van der Waals surface area contributed by atoms with Crippen molar-refractivity contribution in [3.63, 3.8) is 0 Å². The number of hydrogen-bond acceptors (Lipinski definition) is 6. The Morgan fingerprint density at radius 1 is 0.971 bits per heavy atom. The molecule has 0 aliphatic carbocycles. The molecule has 186 valence electrons. The van der Waals surface area contributed by atoms with Gasteiger partial charge in [-0.2, -0.15) is 0 Å². The van der Waals surface area contributed by atoms with Crippen molar-refractivity contribution < 1.29 is 27.5 Å². The van der Waals surface area contributed by atoms with E-state index in [9.17, 15) is 18.0 Å². The van der Waals surface area contributed by atoms with Gasteiger partial charge in [-0.25, -0.2) is 8.42 Å². The summed E-state index contributed by atoms with van der Waals surface area (Å²) >= 11 is 0. The van der Waals surface area contributed by atoms with Gasteiger partial charge in [0.2, 0.25) is 21.8 Å². The number of hydrogen-bond donors (Lipinski definition) is 1. The number of nitrogens with zero attached hydrogens (tertiary/aromatic N) is 2. The van der Waals surface area contributed by atoms with Crippen LogP contribution in [0.15, 0.2) is 48.5 Å². The van der Waals surface area contributed by atoms with Crippen LogP contribution in [0.5, 0.6) is 11.5 Å². The van der Waals surface area contributed by atoms with Crippen LogP contribution >= 0.6 is 0 Å². The average Bonchev–Trinajstić information content (AvgIpc) is 2.79. The molecule has 10 heteroatoms. The summed E-state index contributed by atoms with van der Waals surface area (Å²) in [6.45, 7) is 4.95. The SMILES string of the molecule is COc1ccc(N(CC(=O)N(Cc2ccccc2)C(C)C(=O)NC(C)C)S(C)(=O)=O)cc1OC. The van der Waals surface area contributed by atoms with Crippen LogP contribution in [0.2, 0.25) is 0 Å². The van der Waals surface area contributed by atoms with Crippen LogP contribution in [-0.2, 0) is 26.2 Å². The normalized spacial score (nSPS) is 12.1. The predicted octanol–water partition coefficient (Wildman–Crippen LogP) is 2.41. The second-order valence-electron chi connectivity index (χ2n) is 8.16. The quantitative estimate of drug-likeness (QED) is 0.518. The Morgan fingerprint density at radius 3 is 2.12 bits per heavy atom. The van der Waals surface area contributed by atoms with Crippen LogP contribution < -0.4 is 19.1 Å². The molecule has 2 rings (SSSR count). The maximum Gasteiger partial charge on any atom is 0.244 e. The van der Waals surface area contributed by atoms with Crippen LogP contribution in [0, 0.1) is 0 Å². The summed E-state index contributed by atoms with van der Waals surface area (Å²) in [4.78, 5) is 27.6. The van der Waals surface area contributed by atoms with Gasteiger partial charge in [-0.1, -0.05) is 30.3 Å². The third kappa shape index (κ3) is 7.11. The second-order valence-corrected chi connectivity index (χ2v) is 10.1. The highest BCUT2D eigenvalue weighted by atomic mass is 32.2. The van der Waals surface area contributed by atoms with Crippen LogP contribution in [0.1, 0.15) is 26.3 Å². The zero-order valence-electron chi connectivity index (χ0n) is 20.4. The number of benzene rings is 2. The maximum atomic E-state index is 13.5. The van der Waals surface area contributed by atoms with Crippen molar-refractivity contribution in [3.8, 4) is 11.5 Å². The first-order valence-corrected chi connectivity index (χ1v) is 12.7. The van der Waals surface area contributed by atoms with Crippen molar-refractivity contribution in [3.05, 3.63) is 54.1 Å². The first-order chi connectivity index (χ1) is 16.0. The molecular weight excluding hydrogens is 458 g/mol. The minimum Gasteiger partial charge on any atom is -0.493 e. The van der Waals surface area contributed by atoms with E-state index in [0.29, 0.717) is 11.5 Å². The van der Waals surface area contributed by atoms with Gasteiger partial charge < -0.3 is 19.7 Å². The van der Waals surface area contributed by atoms with Crippen LogP contribution in [0.3, 0.4) is 0 Å². The van der Waals surface area contributed by atoms with E-state index in [2.05, 4.69) is 5.32 Å². The number of ether oxygens (including phenoxy) is 2. The molecule has 0 aromatic heterocycles. The molecule has 0 aliphatic heterocycles. The van der Waals surface area contributed by atoms with Crippen LogP contribution in [0.4, 0.5) is 5.69 Å². The molecule has 0 fully saturated rings. The summed E-state index contributed by atoms with van der Waals surface area (Å²) in [5, 5.41) is 2.81. The number of amides is 2. The lowest BCUT2D eigenvalue weighted by Gasteiger charge is -2.32. The first kappa shape index (κ1) is 27.0.